The third-order valence-electron chi connectivity index (χ3n) is 2.55. The molecule has 0 heterocycles. The first-order valence-corrected chi connectivity index (χ1v) is 6.58. The van der Waals surface area contributed by atoms with Gasteiger partial charge in [0.2, 0.25) is 0 Å². The van der Waals surface area contributed by atoms with Crippen molar-refractivity contribution in [2.45, 2.75) is 38.9 Å². The Bertz CT molecular complexity index is 79.0. The Morgan fingerprint density at radius 2 is 1.40 bits per heavy atom. The molecule has 0 fully saturated rings. The molecule has 0 saturated carbocycles. The SMILES string of the molecule is C=C[Si](CC)(CC)CC.[GeH4]. The zero-order chi connectivity index (χ0) is 7.33. The fourth-order valence-electron chi connectivity index (χ4n) is 1.18. The van der Waals surface area contributed by atoms with Gasteiger partial charge in [0.05, 0.1) is 8.07 Å². The molecule has 0 atom stereocenters. The Morgan fingerprint density at radius 1 is 1.10 bits per heavy atom. The van der Waals surface area contributed by atoms with Gasteiger partial charge in [0.1, 0.15) is 0 Å². The van der Waals surface area contributed by atoms with Crippen LogP contribution in [0.1, 0.15) is 20.8 Å². The summed E-state index contributed by atoms with van der Waals surface area (Å²) in [6.07, 6.45) is 0. The fraction of sp³-hybridized carbons (Fsp3) is 0.750. The van der Waals surface area contributed by atoms with E-state index < -0.39 is 8.07 Å². The zero-order valence-corrected chi connectivity index (χ0v) is 7.91. The summed E-state index contributed by atoms with van der Waals surface area (Å²) in [5.41, 5.74) is 2.24. The van der Waals surface area contributed by atoms with Crippen molar-refractivity contribution in [3.8, 4) is 0 Å². The summed E-state index contributed by atoms with van der Waals surface area (Å²) >= 11 is 0. The summed E-state index contributed by atoms with van der Waals surface area (Å²) in [6, 6.07) is 4.09. The van der Waals surface area contributed by atoms with E-state index in [1.54, 1.807) is 0 Å². The van der Waals surface area contributed by atoms with Crippen molar-refractivity contribution in [3.05, 3.63) is 12.3 Å². The molecule has 0 aromatic heterocycles. The van der Waals surface area contributed by atoms with E-state index in [9.17, 15) is 0 Å². The molecule has 0 rings (SSSR count). The van der Waals surface area contributed by atoms with E-state index in [4.69, 9.17) is 0 Å². The van der Waals surface area contributed by atoms with Crippen molar-refractivity contribution in [2.75, 3.05) is 0 Å². The molecule has 0 aromatic carbocycles. The van der Waals surface area contributed by atoms with Crippen molar-refractivity contribution >= 4 is 25.7 Å². The van der Waals surface area contributed by atoms with Crippen LogP contribution in [0.2, 0.25) is 18.1 Å². The first kappa shape index (κ1) is 13.1. The molecule has 0 bridgehead atoms. The summed E-state index contributed by atoms with van der Waals surface area (Å²) in [7, 11) is -0.927. The minimum atomic E-state index is -0.927. The van der Waals surface area contributed by atoms with E-state index >= 15 is 0 Å². The Hall–Kier alpha value is 0.500. The molecule has 0 radical (unpaired) electrons. The maximum absolute atomic E-state index is 3.91. The zero-order valence-electron chi connectivity index (χ0n) is 6.91. The predicted octanol–water partition coefficient (Wildman–Crippen LogP) is 1.77. The molecule has 10 heavy (non-hydrogen) atoms. The minimum absolute atomic E-state index is 0. The van der Waals surface area contributed by atoms with Crippen LogP contribution in [0.5, 0.6) is 0 Å². The molecule has 0 spiro atoms. The van der Waals surface area contributed by atoms with E-state index in [2.05, 4.69) is 33.0 Å². The van der Waals surface area contributed by atoms with Gasteiger partial charge < -0.3 is 0 Å². The normalized spacial score (nSPS) is 10.3. The summed E-state index contributed by atoms with van der Waals surface area (Å²) in [5.74, 6) is 0. The van der Waals surface area contributed by atoms with E-state index in [0.717, 1.165) is 0 Å². The van der Waals surface area contributed by atoms with Crippen molar-refractivity contribution < 1.29 is 0 Å². The van der Waals surface area contributed by atoms with Crippen LogP contribution in [-0.2, 0) is 0 Å². The summed E-state index contributed by atoms with van der Waals surface area (Å²) in [5, 5.41) is 0. The van der Waals surface area contributed by atoms with Gasteiger partial charge in [-0.1, -0.05) is 38.9 Å². The predicted molar refractivity (Wildman–Crippen MR) is 58.7 cm³/mol. The molecule has 62 valence electrons. The quantitative estimate of drug-likeness (QED) is 0.632. The van der Waals surface area contributed by atoms with Gasteiger partial charge in [0.25, 0.3) is 0 Å². The molecule has 0 aromatic rings. The average molecular weight is 219 g/mol. The molecule has 0 nitrogen and oxygen atoms in total. The van der Waals surface area contributed by atoms with Crippen molar-refractivity contribution in [1.29, 1.82) is 0 Å². The van der Waals surface area contributed by atoms with Crippen LogP contribution in [0.4, 0.5) is 0 Å². The molecular formula is C8H22GeSi. The van der Waals surface area contributed by atoms with E-state index in [1.807, 2.05) is 0 Å². The second-order valence-electron chi connectivity index (χ2n) is 2.63. The van der Waals surface area contributed by atoms with Crippen LogP contribution in [0.3, 0.4) is 0 Å². The van der Waals surface area contributed by atoms with Crippen LogP contribution < -0.4 is 0 Å². The van der Waals surface area contributed by atoms with Gasteiger partial charge in [-0.3, -0.25) is 0 Å². The molecular weight excluding hydrogens is 197 g/mol. The molecule has 0 N–H and O–H groups in total. The van der Waals surface area contributed by atoms with Gasteiger partial charge in [-0.05, 0) is 0 Å². The van der Waals surface area contributed by atoms with Gasteiger partial charge in [-0.15, -0.1) is 12.3 Å². The summed E-state index contributed by atoms with van der Waals surface area (Å²) < 4.78 is 0. The second kappa shape index (κ2) is 6.23. The topological polar surface area (TPSA) is 0 Å². The van der Waals surface area contributed by atoms with Gasteiger partial charge in [-0.2, -0.15) is 0 Å². The van der Waals surface area contributed by atoms with E-state index in [-0.39, 0.29) is 17.6 Å². The Balaban J connectivity index is 0. The van der Waals surface area contributed by atoms with Crippen LogP contribution in [-0.4, -0.2) is 25.7 Å². The van der Waals surface area contributed by atoms with Gasteiger partial charge in [0, 0.05) is 0 Å². The van der Waals surface area contributed by atoms with Crippen LogP contribution in [0.15, 0.2) is 12.3 Å². The van der Waals surface area contributed by atoms with Crippen molar-refractivity contribution in [3.63, 3.8) is 0 Å². The van der Waals surface area contributed by atoms with Gasteiger partial charge >= 0.3 is 17.6 Å². The Morgan fingerprint density at radius 3 is 1.40 bits per heavy atom. The van der Waals surface area contributed by atoms with Crippen molar-refractivity contribution in [1.82, 2.24) is 0 Å². The Kier molecular flexibility index (Phi) is 8.17. The first-order chi connectivity index (χ1) is 4.24. The average Bonchev–Trinajstić information content (AvgIpc) is 1.95. The number of rotatable bonds is 4. The maximum atomic E-state index is 3.91. The van der Waals surface area contributed by atoms with Crippen molar-refractivity contribution in [2.24, 2.45) is 0 Å². The molecule has 0 aliphatic heterocycles. The van der Waals surface area contributed by atoms with Crippen LogP contribution >= 0.6 is 0 Å². The fourth-order valence-corrected chi connectivity index (χ4v) is 3.55. The van der Waals surface area contributed by atoms with Gasteiger partial charge in [0.15, 0.2) is 0 Å². The standard InChI is InChI=1S/C8H18Si.GeH4/c1-5-9(6-2,7-3)8-4;/h5H,1,6-8H2,2-4H3;1H4. The van der Waals surface area contributed by atoms with Gasteiger partial charge in [-0.25, -0.2) is 0 Å². The third-order valence-corrected chi connectivity index (χ3v) is 7.64. The van der Waals surface area contributed by atoms with Crippen LogP contribution in [0, 0.1) is 0 Å². The summed E-state index contributed by atoms with van der Waals surface area (Å²) in [4.78, 5) is 0. The second-order valence-corrected chi connectivity index (χ2v) is 7.88. The number of hydrogen-bond acceptors (Lipinski definition) is 0. The van der Waals surface area contributed by atoms with E-state index in [0.29, 0.717) is 0 Å². The molecule has 2 heteroatoms. The molecule has 0 unspecified atom stereocenters. The molecule has 0 aliphatic rings. The molecule has 0 aliphatic carbocycles. The monoisotopic (exact) mass is 220 g/mol. The van der Waals surface area contributed by atoms with E-state index in [1.165, 1.54) is 18.1 Å². The van der Waals surface area contributed by atoms with Crippen LogP contribution in [0.25, 0.3) is 0 Å². The number of hydrogen-bond donors (Lipinski definition) is 0. The third kappa shape index (κ3) is 3.06. The molecule has 0 saturated heterocycles. The first-order valence-electron chi connectivity index (χ1n) is 3.88. The molecule has 0 amide bonds. The summed E-state index contributed by atoms with van der Waals surface area (Å²) in [6.45, 7) is 10.8. The Labute approximate surface area is 77.1 Å².